The molecule has 1 amide bonds. The second-order valence-electron chi connectivity index (χ2n) is 7.62. The number of carbonyl (C=O) groups excluding carboxylic acids is 1. The minimum absolute atomic E-state index is 0.00820. The molecule has 140 valence electrons. The molecule has 26 heavy (non-hydrogen) atoms. The summed E-state index contributed by atoms with van der Waals surface area (Å²) in [6, 6.07) is 9.24. The maximum Gasteiger partial charge on any atom is 0.217 e. The first-order chi connectivity index (χ1) is 12.4. The number of imidazole rings is 1. The lowest BCUT2D eigenvalue weighted by atomic mass is 9.88. The largest absolute Gasteiger partial charge is 0.355 e. The van der Waals surface area contributed by atoms with Crippen LogP contribution in [-0.2, 0) is 4.79 Å². The Hall–Kier alpha value is -2.30. The van der Waals surface area contributed by atoms with E-state index in [1.165, 1.54) is 5.56 Å². The molecule has 1 saturated heterocycles. The van der Waals surface area contributed by atoms with Crippen molar-refractivity contribution in [3.8, 4) is 0 Å². The molecular weight excluding hydrogens is 324 g/mol. The van der Waals surface area contributed by atoms with Crippen molar-refractivity contribution >= 4 is 11.7 Å². The predicted octanol–water partition coefficient (Wildman–Crippen LogP) is 4.05. The van der Waals surface area contributed by atoms with Crippen LogP contribution in [0.1, 0.15) is 69.7 Å². The molecule has 1 aliphatic heterocycles. The van der Waals surface area contributed by atoms with E-state index in [1.54, 1.807) is 6.92 Å². The fourth-order valence-corrected chi connectivity index (χ4v) is 3.66. The monoisotopic (exact) mass is 354 g/mol. The highest BCUT2D eigenvalue weighted by Gasteiger charge is 2.22. The predicted molar refractivity (Wildman–Crippen MR) is 105 cm³/mol. The molecule has 1 N–H and O–H groups in total. The van der Waals surface area contributed by atoms with E-state index in [0.29, 0.717) is 12.0 Å². The van der Waals surface area contributed by atoms with Crippen molar-refractivity contribution < 1.29 is 4.79 Å². The van der Waals surface area contributed by atoms with E-state index in [9.17, 15) is 4.79 Å². The van der Waals surface area contributed by atoms with Gasteiger partial charge in [0, 0.05) is 32.3 Å². The number of benzene rings is 1. The molecule has 2 heterocycles. The second kappa shape index (κ2) is 7.94. The summed E-state index contributed by atoms with van der Waals surface area (Å²) in [5, 5.41) is 2.94. The molecule has 0 spiro atoms. The topological polar surface area (TPSA) is 50.2 Å². The normalized spacial score (nSPS) is 16.7. The van der Waals surface area contributed by atoms with Crippen molar-refractivity contribution in [3.63, 3.8) is 0 Å². The van der Waals surface area contributed by atoms with Gasteiger partial charge >= 0.3 is 0 Å². The van der Waals surface area contributed by atoms with Crippen LogP contribution < -0.4 is 10.2 Å². The first-order valence-electron chi connectivity index (χ1n) is 9.59. The van der Waals surface area contributed by atoms with E-state index in [-0.39, 0.29) is 11.9 Å². The maximum atomic E-state index is 11.2. The number of amides is 1. The Bertz CT molecular complexity index is 727. The van der Waals surface area contributed by atoms with Crippen LogP contribution in [-0.4, -0.2) is 28.5 Å². The lowest BCUT2D eigenvalue weighted by Crippen LogP contribution is -2.33. The van der Waals surface area contributed by atoms with E-state index >= 15 is 0 Å². The quantitative estimate of drug-likeness (QED) is 0.881. The standard InChI is InChI=1S/C21H30N4O/c1-15(2)25-13-21(22-14-25)24-11-9-20(10-12-24)19-7-5-18(6-8-19)16(3)23-17(4)26/h5-8,13-16,20H,9-12H2,1-4H3,(H,23,26)/t16-/m0/s1. The molecule has 5 heteroatoms. The van der Waals surface area contributed by atoms with Gasteiger partial charge in [0.05, 0.1) is 12.4 Å². The Balaban J connectivity index is 1.58. The summed E-state index contributed by atoms with van der Waals surface area (Å²) < 4.78 is 2.16. The van der Waals surface area contributed by atoms with Gasteiger partial charge in [0.2, 0.25) is 5.91 Å². The number of nitrogens with zero attached hydrogens (tertiary/aromatic N) is 3. The Morgan fingerprint density at radius 1 is 1.15 bits per heavy atom. The van der Waals surface area contributed by atoms with E-state index < -0.39 is 0 Å². The Labute approximate surface area is 156 Å². The average molecular weight is 354 g/mol. The van der Waals surface area contributed by atoms with Gasteiger partial charge in [0.25, 0.3) is 0 Å². The van der Waals surface area contributed by atoms with Gasteiger partial charge in [-0.25, -0.2) is 4.98 Å². The first-order valence-corrected chi connectivity index (χ1v) is 9.59. The van der Waals surface area contributed by atoms with Gasteiger partial charge in [0.1, 0.15) is 5.82 Å². The van der Waals surface area contributed by atoms with E-state index in [2.05, 4.69) is 64.1 Å². The SMILES string of the molecule is CC(=O)N[C@@H](C)c1ccc(C2CCN(c3cn(C(C)C)cn3)CC2)cc1. The molecule has 3 rings (SSSR count). The highest BCUT2D eigenvalue weighted by atomic mass is 16.1. The maximum absolute atomic E-state index is 11.2. The summed E-state index contributed by atoms with van der Waals surface area (Å²) in [7, 11) is 0. The van der Waals surface area contributed by atoms with Crippen LogP contribution in [0.15, 0.2) is 36.8 Å². The van der Waals surface area contributed by atoms with Gasteiger partial charge < -0.3 is 14.8 Å². The highest BCUT2D eigenvalue weighted by molar-refractivity contribution is 5.73. The molecule has 0 saturated carbocycles. The number of piperidine rings is 1. The number of hydrogen-bond donors (Lipinski definition) is 1. The lowest BCUT2D eigenvalue weighted by molar-refractivity contribution is -0.119. The van der Waals surface area contributed by atoms with E-state index in [4.69, 9.17) is 0 Å². The van der Waals surface area contributed by atoms with Gasteiger partial charge in [-0.2, -0.15) is 0 Å². The third kappa shape index (κ3) is 4.26. The van der Waals surface area contributed by atoms with Gasteiger partial charge in [-0.05, 0) is 50.7 Å². The fraction of sp³-hybridized carbons (Fsp3) is 0.524. The fourth-order valence-electron chi connectivity index (χ4n) is 3.66. The molecule has 0 aliphatic carbocycles. The third-order valence-corrected chi connectivity index (χ3v) is 5.33. The number of nitrogens with one attached hydrogen (secondary N) is 1. The number of aromatic nitrogens is 2. The summed E-state index contributed by atoms with van der Waals surface area (Å²) in [5.74, 6) is 1.70. The van der Waals surface area contributed by atoms with Crippen LogP contribution in [0.4, 0.5) is 5.82 Å². The van der Waals surface area contributed by atoms with Crippen LogP contribution in [0.2, 0.25) is 0 Å². The lowest BCUT2D eigenvalue weighted by Gasteiger charge is -2.32. The average Bonchev–Trinajstić information content (AvgIpc) is 3.12. The van der Waals surface area contributed by atoms with Crippen molar-refractivity contribution in [1.82, 2.24) is 14.9 Å². The zero-order valence-corrected chi connectivity index (χ0v) is 16.3. The van der Waals surface area contributed by atoms with Gasteiger partial charge in [-0.3, -0.25) is 4.79 Å². The number of carbonyl (C=O) groups is 1. The summed E-state index contributed by atoms with van der Waals surface area (Å²) in [6.07, 6.45) is 6.38. The number of rotatable bonds is 5. The molecule has 1 aromatic carbocycles. The Morgan fingerprint density at radius 3 is 2.35 bits per heavy atom. The van der Waals surface area contributed by atoms with Crippen LogP contribution in [0.5, 0.6) is 0 Å². The smallest absolute Gasteiger partial charge is 0.217 e. The number of hydrogen-bond acceptors (Lipinski definition) is 3. The molecule has 2 aromatic rings. The molecule has 1 fully saturated rings. The van der Waals surface area contributed by atoms with Crippen molar-refractivity contribution in [1.29, 1.82) is 0 Å². The van der Waals surface area contributed by atoms with Crippen LogP contribution in [0.25, 0.3) is 0 Å². The second-order valence-corrected chi connectivity index (χ2v) is 7.62. The third-order valence-electron chi connectivity index (χ3n) is 5.33. The first kappa shape index (κ1) is 18.5. The molecular formula is C21H30N4O. The molecule has 1 aromatic heterocycles. The van der Waals surface area contributed by atoms with Gasteiger partial charge in [0.15, 0.2) is 0 Å². The minimum atomic E-state index is 0.00820. The van der Waals surface area contributed by atoms with Crippen molar-refractivity contribution in [3.05, 3.63) is 47.9 Å². The van der Waals surface area contributed by atoms with Crippen LogP contribution in [0.3, 0.4) is 0 Å². The van der Waals surface area contributed by atoms with Crippen molar-refractivity contribution in [2.24, 2.45) is 0 Å². The van der Waals surface area contributed by atoms with Gasteiger partial charge in [-0.1, -0.05) is 24.3 Å². The highest BCUT2D eigenvalue weighted by Crippen LogP contribution is 2.30. The zero-order chi connectivity index (χ0) is 18.7. The van der Waals surface area contributed by atoms with Gasteiger partial charge in [-0.15, -0.1) is 0 Å². The van der Waals surface area contributed by atoms with E-state index in [0.717, 1.165) is 37.3 Å². The molecule has 0 unspecified atom stereocenters. The molecule has 1 aliphatic rings. The van der Waals surface area contributed by atoms with Crippen molar-refractivity contribution in [2.45, 2.75) is 58.5 Å². The summed E-state index contributed by atoms with van der Waals surface area (Å²) in [6.45, 7) is 10.0. The van der Waals surface area contributed by atoms with Crippen LogP contribution in [0, 0.1) is 0 Å². The minimum Gasteiger partial charge on any atom is -0.355 e. The molecule has 0 bridgehead atoms. The zero-order valence-electron chi connectivity index (χ0n) is 16.3. The van der Waals surface area contributed by atoms with Crippen LogP contribution >= 0.6 is 0 Å². The number of anilines is 1. The summed E-state index contributed by atoms with van der Waals surface area (Å²) in [4.78, 5) is 18.2. The Kier molecular flexibility index (Phi) is 5.64. The summed E-state index contributed by atoms with van der Waals surface area (Å²) >= 11 is 0. The Morgan fingerprint density at radius 2 is 1.81 bits per heavy atom. The molecule has 1 atom stereocenters. The molecule has 0 radical (unpaired) electrons. The van der Waals surface area contributed by atoms with Crippen molar-refractivity contribution in [2.75, 3.05) is 18.0 Å². The molecule has 5 nitrogen and oxygen atoms in total. The van der Waals surface area contributed by atoms with E-state index in [1.807, 2.05) is 13.3 Å². The summed E-state index contributed by atoms with van der Waals surface area (Å²) in [5.41, 5.74) is 2.55.